The van der Waals surface area contributed by atoms with Gasteiger partial charge in [-0.3, -0.25) is 4.79 Å². The summed E-state index contributed by atoms with van der Waals surface area (Å²) >= 11 is 0. The Bertz CT molecular complexity index is 751. The standard InChI is InChI=1S/C17H22N6O.ClH/c18-11-17(8-1-2-9-17)16(24)19-13-5-3-4-12(10-13)15-20-21-22-23(15)14-6-7-14;/h3-5,10,14H,1-2,6-9,11,18H2,(H,19,24);1H. The maximum Gasteiger partial charge on any atom is 0.231 e. The van der Waals surface area contributed by atoms with Crippen LogP contribution in [0.25, 0.3) is 11.4 Å². The first kappa shape index (κ1) is 17.8. The van der Waals surface area contributed by atoms with Gasteiger partial charge in [-0.15, -0.1) is 17.5 Å². The molecule has 2 aliphatic carbocycles. The second kappa shape index (κ2) is 7.09. The van der Waals surface area contributed by atoms with Gasteiger partial charge in [-0.1, -0.05) is 25.0 Å². The molecule has 0 spiro atoms. The normalized spacial score (nSPS) is 18.6. The molecule has 1 aromatic carbocycles. The van der Waals surface area contributed by atoms with E-state index >= 15 is 0 Å². The highest BCUT2D eigenvalue weighted by Crippen LogP contribution is 2.39. The highest BCUT2D eigenvalue weighted by Gasteiger charge is 2.39. The van der Waals surface area contributed by atoms with Crippen LogP contribution in [0.4, 0.5) is 5.69 Å². The van der Waals surface area contributed by atoms with Crippen molar-refractivity contribution < 1.29 is 4.79 Å². The fourth-order valence-corrected chi connectivity index (χ4v) is 3.52. The van der Waals surface area contributed by atoms with Crippen molar-refractivity contribution >= 4 is 24.0 Å². The lowest BCUT2D eigenvalue weighted by Crippen LogP contribution is -2.40. The number of nitrogens with two attached hydrogens (primary N) is 1. The van der Waals surface area contributed by atoms with E-state index < -0.39 is 5.41 Å². The summed E-state index contributed by atoms with van der Waals surface area (Å²) in [5, 5.41) is 15.1. The number of nitrogens with zero attached hydrogens (tertiary/aromatic N) is 4. The predicted molar refractivity (Wildman–Crippen MR) is 97.4 cm³/mol. The lowest BCUT2D eigenvalue weighted by molar-refractivity contribution is -0.124. The number of benzene rings is 1. The van der Waals surface area contributed by atoms with E-state index in [0.717, 1.165) is 55.6 Å². The number of amides is 1. The fourth-order valence-electron chi connectivity index (χ4n) is 3.52. The Morgan fingerprint density at radius 3 is 2.76 bits per heavy atom. The molecule has 4 rings (SSSR count). The molecule has 0 saturated heterocycles. The van der Waals surface area contributed by atoms with Gasteiger partial charge in [0.25, 0.3) is 0 Å². The average Bonchev–Trinajstić information content (AvgIpc) is 3.14. The molecule has 2 fully saturated rings. The van der Waals surface area contributed by atoms with Crippen molar-refractivity contribution in [3.63, 3.8) is 0 Å². The Balaban J connectivity index is 0.00000182. The van der Waals surface area contributed by atoms with Gasteiger partial charge in [-0.25, -0.2) is 4.68 Å². The summed E-state index contributed by atoms with van der Waals surface area (Å²) in [4.78, 5) is 12.7. The Morgan fingerprint density at radius 2 is 2.08 bits per heavy atom. The Labute approximate surface area is 152 Å². The number of hydrogen-bond donors (Lipinski definition) is 2. The van der Waals surface area contributed by atoms with Crippen LogP contribution in [0.15, 0.2) is 24.3 Å². The van der Waals surface area contributed by atoms with E-state index in [1.165, 1.54) is 0 Å². The second-order valence-electron chi connectivity index (χ2n) is 6.90. The molecule has 7 nitrogen and oxygen atoms in total. The van der Waals surface area contributed by atoms with E-state index in [1.807, 2.05) is 28.9 Å². The number of aromatic nitrogens is 4. The van der Waals surface area contributed by atoms with Crippen molar-refractivity contribution in [2.24, 2.45) is 11.1 Å². The van der Waals surface area contributed by atoms with Crippen molar-refractivity contribution in [1.29, 1.82) is 0 Å². The zero-order chi connectivity index (χ0) is 16.6. The molecular formula is C17H23ClN6O. The van der Waals surface area contributed by atoms with Gasteiger partial charge in [0.2, 0.25) is 5.91 Å². The molecule has 0 unspecified atom stereocenters. The van der Waals surface area contributed by atoms with E-state index in [4.69, 9.17) is 5.73 Å². The number of carbonyl (C=O) groups is 1. The number of rotatable bonds is 5. The molecule has 2 aromatic rings. The van der Waals surface area contributed by atoms with E-state index in [2.05, 4.69) is 20.8 Å². The first-order valence-corrected chi connectivity index (χ1v) is 8.62. The number of anilines is 1. The summed E-state index contributed by atoms with van der Waals surface area (Å²) in [5.41, 5.74) is 7.17. The number of hydrogen-bond acceptors (Lipinski definition) is 5. The molecule has 1 amide bonds. The summed E-state index contributed by atoms with van der Waals surface area (Å²) in [6, 6.07) is 8.12. The van der Waals surface area contributed by atoms with Crippen LogP contribution in [0.1, 0.15) is 44.6 Å². The molecule has 0 radical (unpaired) electrons. The van der Waals surface area contributed by atoms with Gasteiger partial charge in [-0.2, -0.15) is 0 Å². The van der Waals surface area contributed by atoms with Gasteiger partial charge in [0.15, 0.2) is 5.82 Å². The molecule has 3 N–H and O–H groups in total. The molecule has 8 heteroatoms. The van der Waals surface area contributed by atoms with E-state index in [1.54, 1.807) is 0 Å². The summed E-state index contributed by atoms with van der Waals surface area (Å²) in [5.74, 6) is 0.782. The van der Waals surface area contributed by atoms with E-state index in [0.29, 0.717) is 12.6 Å². The van der Waals surface area contributed by atoms with Crippen molar-refractivity contribution in [2.75, 3.05) is 11.9 Å². The van der Waals surface area contributed by atoms with Gasteiger partial charge in [0.1, 0.15) is 0 Å². The van der Waals surface area contributed by atoms with Gasteiger partial charge in [0.05, 0.1) is 11.5 Å². The SMILES string of the molecule is Cl.NCC1(C(=O)Nc2cccc(-c3nnnn3C3CC3)c2)CCCC1. The monoisotopic (exact) mass is 362 g/mol. The smallest absolute Gasteiger partial charge is 0.231 e. The molecule has 2 saturated carbocycles. The Morgan fingerprint density at radius 1 is 1.32 bits per heavy atom. The van der Waals surface area contributed by atoms with Crippen LogP contribution in [0.3, 0.4) is 0 Å². The van der Waals surface area contributed by atoms with Gasteiger partial charge >= 0.3 is 0 Å². The number of halogens is 1. The van der Waals surface area contributed by atoms with Gasteiger partial charge < -0.3 is 11.1 Å². The van der Waals surface area contributed by atoms with Crippen molar-refractivity contribution in [2.45, 2.75) is 44.6 Å². The van der Waals surface area contributed by atoms with Crippen molar-refractivity contribution in [1.82, 2.24) is 20.2 Å². The van der Waals surface area contributed by atoms with Gasteiger partial charge in [0, 0.05) is 17.8 Å². The molecule has 1 aromatic heterocycles. The lowest BCUT2D eigenvalue weighted by Gasteiger charge is -2.25. The quantitative estimate of drug-likeness (QED) is 0.851. The molecule has 134 valence electrons. The van der Waals surface area contributed by atoms with E-state index in [-0.39, 0.29) is 18.3 Å². The van der Waals surface area contributed by atoms with Crippen LogP contribution < -0.4 is 11.1 Å². The van der Waals surface area contributed by atoms with Crippen LogP contribution in [0, 0.1) is 5.41 Å². The van der Waals surface area contributed by atoms with Crippen LogP contribution in [0.2, 0.25) is 0 Å². The minimum Gasteiger partial charge on any atom is -0.329 e. The number of carbonyl (C=O) groups excluding carboxylic acids is 1. The van der Waals surface area contributed by atoms with Crippen LogP contribution in [-0.4, -0.2) is 32.7 Å². The molecule has 0 bridgehead atoms. The first-order chi connectivity index (χ1) is 11.7. The van der Waals surface area contributed by atoms with Crippen LogP contribution >= 0.6 is 12.4 Å². The first-order valence-electron chi connectivity index (χ1n) is 8.62. The maximum absolute atomic E-state index is 12.7. The van der Waals surface area contributed by atoms with Crippen LogP contribution in [0.5, 0.6) is 0 Å². The topological polar surface area (TPSA) is 98.7 Å². The summed E-state index contributed by atoms with van der Waals surface area (Å²) in [6.07, 6.45) is 6.12. The predicted octanol–water partition coefficient (Wildman–Crippen LogP) is 2.55. The minimum atomic E-state index is -0.411. The molecular weight excluding hydrogens is 340 g/mol. The second-order valence-corrected chi connectivity index (χ2v) is 6.90. The summed E-state index contributed by atoms with van der Waals surface area (Å²) in [7, 11) is 0. The zero-order valence-electron chi connectivity index (χ0n) is 14.0. The molecule has 0 atom stereocenters. The highest BCUT2D eigenvalue weighted by molar-refractivity contribution is 5.96. The third-order valence-electron chi connectivity index (χ3n) is 5.20. The fraction of sp³-hybridized carbons (Fsp3) is 0.529. The highest BCUT2D eigenvalue weighted by atomic mass is 35.5. The third-order valence-corrected chi connectivity index (χ3v) is 5.20. The maximum atomic E-state index is 12.7. The molecule has 2 aliphatic rings. The molecule has 25 heavy (non-hydrogen) atoms. The average molecular weight is 363 g/mol. The summed E-state index contributed by atoms with van der Waals surface area (Å²) in [6.45, 7) is 0.401. The third kappa shape index (κ3) is 3.39. The molecule has 1 heterocycles. The zero-order valence-corrected chi connectivity index (χ0v) is 14.8. The lowest BCUT2D eigenvalue weighted by atomic mass is 9.85. The van der Waals surface area contributed by atoms with Crippen molar-refractivity contribution in [3.05, 3.63) is 24.3 Å². The minimum absolute atomic E-state index is 0. The Kier molecular flexibility index (Phi) is 5.06. The number of tetrazole rings is 1. The number of nitrogens with one attached hydrogen (secondary N) is 1. The Hall–Kier alpha value is -1.99. The largest absolute Gasteiger partial charge is 0.329 e. The van der Waals surface area contributed by atoms with Gasteiger partial charge in [-0.05, 0) is 48.2 Å². The molecule has 0 aliphatic heterocycles. The van der Waals surface area contributed by atoms with Crippen molar-refractivity contribution in [3.8, 4) is 11.4 Å². The van der Waals surface area contributed by atoms with Crippen LogP contribution in [-0.2, 0) is 4.79 Å². The van der Waals surface area contributed by atoms with E-state index in [9.17, 15) is 4.79 Å². The summed E-state index contributed by atoms with van der Waals surface area (Å²) < 4.78 is 1.87.